The molecule has 7 heteroatoms. The molecule has 1 aromatic carbocycles. The van der Waals surface area contributed by atoms with Gasteiger partial charge in [-0.05, 0) is 36.6 Å². The van der Waals surface area contributed by atoms with E-state index in [0.29, 0.717) is 24.0 Å². The van der Waals surface area contributed by atoms with Gasteiger partial charge in [-0.25, -0.2) is 15.0 Å². The Morgan fingerprint density at radius 2 is 1.87 bits per heavy atom. The maximum Gasteiger partial charge on any atom is 0.225 e. The molecule has 1 fully saturated rings. The van der Waals surface area contributed by atoms with E-state index in [9.17, 15) is 4.79 Å². The van der Waals surface area contributed by atoms with E-state index in [-0.39, 0.29) is 17.8 Å². The van der Waals surface area contributed by atoms with E-state index in [2.05, 4.69) is 26.8 Å². The van der Waals surface area contributed by atoms with Gasteiger partial charge in [0.15, 0.2) is 5.75 Å². The number of hydrogen-bond acceptors (Lipinski definition) is 7. The van der Waals surface area contributed by atoms with Crippen molar-refractivity contribution < 1.29 is 14.3 Å². The Labute approximate surface area is 182 Å². The quantitative estimate of drug-likeness (QED) is 0.536. The lowest BCUT2D eigenvalue weighted by atomic mass is 9.96. The topological polar surface area (TPSA) is 77.4 Å². The predicted octanol–water partition coefficient (Wildman–Crippen LogP) is 4.40. The summed E-state index contributed by atoms with van der Waals surface area (Å²) in [7, 11) is 0. The molecule has 31 heavy (non-hydrogen) atoms. The Morgan fingerprint density at radius 1 is 1.10 bits per heavy atom. The van der Waals surface area contributed by atoms with Crippen LogP contribution in [0.1, 0.15) is 38.2 Å². The van der Waals surface area contributed by atoms with Crippen LogP contribution in [0.4, 0.5) is 5.95 Å². The molecule has 2 aromatic heterocycles. The highest BCUT2D eigenvalue weighted by molar-refractivity contribution is 5.76. The van der Waals surface area contributed by atoms with E-state index >= 15 is 0 Å². The first-order chi connectivity index (χ1) is 15.1. The van der Waals surface area contributed by atoms with Crippen LogP contribution in [0.15, 0.2) is 61.1 Å². The Hall–Kier alpha value is -3.48. The predicted molar refractivity (Wildman–Crippen MR) is 118 cm³/mol. The van der Waals surface area contributed by atoms with Crippen molar-refractivity contribution in [2.24, 2.45) is 0 Å². The normalized spacial score (nSPS) is 16.7. The number of benzene rings is 1. The summed E-state index contributed by atoms with van der Waals surface area (Å²) in [4.78, 5) is 26.4. The minimum atomic E-state index is 0.0774. The van der Waals surface area contributed by atoms with Crippen molar-refractivity contribution in [2.75, 3.05) is 18.0 Å². The van der Waals surface area contributed by atoms with E-state index < -0.39 is 0 Å². The van der Waals surface area contributed by atoms with Gasteiger partial charge in [-0.2, -0.15) is 0 Å². The third-order valence-corrected chi connectivity index (χ3v) is 5.25. The second-order valence-electron chi connectivity index (χ2n) is 7.84. The zero-order valence-corrected chi connectivity index (χ0v) is 17.8. The number of hydrogen-bond donors (Lipinski definition) is 0. The third-order valence-electron chi connectivity index (χ3n) is 5.25. The molecule has 3 aromatic rings. The van der Waals surface area contributed by atoms with Crippen LogP contribution < -0.4 is 14.4 Å². The minimum Gasteiger partial charge on any atom is -0.489 e. The third kappa shape index (κ3) is 5.57. The lowest BCUT2D eigenvalue weighted by molar-refractivity contribution is -0.117. The fourth-order valence-electron chi connectivity index (χ4n) is 3.68. The number of ketones is 1. The van der Waals surface area contributed by atoms with Crippen LogP contribution in [-0.4, -0.2) is 39.9 Å². The second-order valence-corrected chi connectivity index (χ2v) is 7.84. The van der Waals surface area contributed by atoms with E-state index in [1.54, 1.807) is 31.6 Å². The number of pyridine rings is 1. The number of carbonyl (C=O) groups excluding carboxylic acids is 1. The van der Waals surface area contributed by atoms with Gasteiger partial charge in [0.25, 0.3) is 0 Å². The molecule has 1 aliphatic heterocycles. The molecule has 1 aliphatic rings. The molecule has 3 heterocycles. The van der Waals surface area contributed by atoms with Crippen LogP contribution in [-0.2, 0) is 4.79 Å². The van der Waals surface area contributed by atoms with E-state index in [1.807, 2.05) is 36.4 Å². The number of carbonyl (C=O) groups is 1. The number of ether oxygens (including phenoxy) is 2. The number of Topliss-reactive ketones (excluding diaryl/α,β-unsaturated/α-hetero) is 1. The summed E-state index contributed by atoms with van der Waals surface area (Å²) >= 11 is 0. The molecule has 0 amide bonds. The van der Waals surface area contributed by atoms with Gasteiger partial charge >= 0.3 is 0 Å². The van der Waals surface area contributed by atoms with Crippen molar-refractivity contribution in [2.45, 2.75) is 38.7 Å². The number of anilines is 1. The zero-order chi connectivity index (χ0) is 21.6. The first-order valence-electron chi connectivity index (χ1n) is 10.5. The molecule has 0 N–H and O–H groups in total. The molecule has 0 radical (unpaired) electrons. The van der Waals surface area contributed by atoms with Gasteiger partial charge in [-0.1, -0.05) is 25.1 Å². The first kappa shape index (κ1) is 20.8. The molecule has 1 saturated heterocycles. The van der Waals surface area contributed by atoms with Crippen molar-refractivity contribution >= 4 is 11.7 Å². The summed E-state index contributed by atoms with van der Waals surface area (Å²) in [6, 6.07) is 13.5. The van der Waals surface area contributed by atoms with Crippen molar-refractivity contribution in [3.05, 3.63) is 66.6 Å². The van der Waals surface area contributed by atoms with Crippen molar-refractivity contribution in [3.63, 3.8) is 0 Å². The van der Waals surface area contributed by atoms with Gasteiger partial charge in [-0.3, -0.25) is 0 Å². The Morgan fingerprint density at radius 3 is 2.55 bits per heavy atom. The highest BCUT2D eigenvalue weighted by Gasteiger charge is 2.26. The minimum absolute atomic E-state index is 0.0774. The molecule has 0 spiro atoms. The second kappa shape index (κ2) is 9.55. The molecular weight excluding hydrogens is 392 g/mol. The van der Waals surface area contributed by atoms with Crippen molar-refractivity contribution in [1.82, 2.24) is 15.0 Å². The lowest BCUT2D eigenvalue weighted by Crippen LogP contribution is -2.26. The summed E-state index contributed by atoms with van der Waals surface area (Å²) in [5, 5.41) is 0. The Kier molecular flexibility index (Phi) is 6.40. The molecule has 7 nitrogen and oxygen atoms in total. The summed E-state index contributed by atoms with van der Waals surface area (Å²) in [6.07, 6.45) is 6.53. The van der Waals surface area contributed by atoms with Crippen LogP contribution in [0.3, 0.4) is 0 Å². The average molecular weight is 418 g/mol. The SMILES string of the molecule is CC(=O)C[C@@H](C)c1ccc(O[C@@H]2CCN(c3ncc(Oc4ccccn4)cn3)C2)cc1. The molecule has 0 saturated carbocycles. The first-order valence-corrected chi connectivity index (χ1v) is 10.5. The fourth-order valence-corrected chi connectivity index (χ4v) is 3.68. The molecule has 0 aliphatic carbocycles. The van der Waals surface area contributed by atoms with Crippen molar-refractivity contribution in [3.8, 4) is 17.4 Å². The number of aromatic nitrogens is 3. The molecular formula is C24H26N4O3. The fraction of sp³-hybridized carbons (Fsp3) is 0.333. The molecule has 160 valence electrons. The lowest BCUT2D eigenvalue weighted by Gasteiger charge is -2.17. The van der Waals surface area contributed by atoms with Gasteiger partial charge in [0.1, 0.15) is 17.6 Å². The highest BCUT2D eigenvalue weighted by atomic mass is 16.5. The van der Waals surface area contributed by atoms with Crippen LogP contribution in [0, 0.1) is 0 Å². The van der Waals surface area contributed by atoms with Gasteiger partial charge in [0.2, 0.25) is 11.8 Å². The van der Waals surface area contributed by atoms with Gasteiger partial charge < -0.3 is 19.2 Å². The van der Waals surface area contributed by atoms with Crippen molar-refractivity contribution in [1.29, 1.82) is 0 Å². The standard InChI is InChI=1S/C24H26N4O3/c1-17(13-18(2)29)19-6-8-20(9-7-19)30-21-10-12-28(16-21)24-26-14-22(15-27-24)31-23-5-3-4-11-25-23/h3-9,11,14-15,17,21H,10,12-13,16H2,1-2H3/t17-,21-/m1/s1. The van der Waals surface area contributed by atoms with Gasteiger partial charge in [0, 0.05) is 31.6 Å². The van der Waals surface area contributed by atoms with Crippen LogP contribution >= 0.6 is 0 Å². The van der Waals surface area contributed by atoms with Crippen LogP contribution in [0.5, 0.6) is 17.4 Å². The van der Waals surface area contributed by atoms with Gasteiger partial charge in [0.05, 0.1) is 18.9 Å². The largest absolute Gasteiger partial charge is 0.489 e. The van der Waals surface area contributed by atoms with Crippen LogP contribution in [0.2, 0.25) is 0 Å². The average Bonchev–Trinajstić information content (AvgIpc) is 3.23. The van der Waals surface area contributed by atoms with E-state index in [0.717, 1.165) is 30.8 Å². The molecule has 0 unspecified atom stereocenters. The number of rotatable bonds is 8. The number of nitrogens with zero attached hydrogens (tertiary/aromatic N) is 4. The Balaban J connectivity index is 1.30. The monoisotopic (exact) mass is 418 g/mol. The van der Waals surface area contributed by atoms with E-state index in [1.165, 1.54) is 0 Å². The summed E-state index contributed by atoms with van der Waals surface area (Å²) in [5.41, 5.74) is 1.15. The molecule has 2 atom stereocenters. The smallest absolute Gasteiger partial charge is 0.225 e. The zero-order valence-electron chi connectivity index (χ0n) is 17.8. The molecule has 4 rings (SSSR count). The maximum absolute atomic E-state index is 11.3. The van der Waals surface area contributed by atoms with E-state index in [4.69, 9.17) is 9.47 Å². The summed E-state index contributed by atoms with van der Waals surface area (Å²) in [5.74, 6) is 2.98. The maximum atomic E-state index is 11.3. The Bertz CT molecular complexity index is 994. The van der Waals surface area contributed by atoms with Gasteiger partial charge in [-0.15, -0.1) is 0 Å². The highest BCUT2D eigenvalue weighted by Crippen LogP contribution is 2.26. The summed E-state index contributed by atoms with van der Waals surface area (Å²) in [6.45, 7) is 5.26. The summed E-state index contributed by atoms with van der Waals surface area (Å²) < 4.78 is 11.8. The van der Waals surface area contributed by atoms with Crippen LogP contribution in [0.25, 0.3) is 0 Å². The molecule has 0 bridgehead atoms.